The maximum absolute atomic E-state index is 14.7. The van der Waals surface area contributed by atoms with Gasteiger partial charge in [0.15, 0.2) is 0 Å². The van der Waals surface area contributed by atoms with Gasteiger partial charge < -0.3 is 30.3 Å². The zero-order valence-corrected chi connectivity index (χ0v) is 29.9. The number of aromatic carboxylic acids is 2. The van der Waals surface area contributed by atoms with E-state index < -0.39 is 35.1 Å². The predicted octanol–water partition coefficient (Wildman–Crippen LogP) is 10.0. The Balaban J connectivity index is 0.000000187. The van der Waals surface area contributed by atoms with Crippen molar-refractivity contribution < 1.29 is 42.4 Å². The second kappa shape index (κ2) is 16.4. The highest BCUT2D eigenvalue weighted by molar-refractivity contribution is 5.95. The molecule has 0 aliphatic heterocycles. The largest absolute Gasteiger partial charge is 0.497 e. The summed E-state index contributed by atoms with van der Waals surface area (Å²) in [5, 5.41) is 24.0. The molecule has 2 aromatic heterocycles. The Bertz CT molecular complexity index is 2380. The molecule has 1 aliphatic carbocycles. The van der Waals surface area contributed by atoms with Gasteiger partial charge in [0.25, 0.3) is 0 Å². The van der Waals surface area contributed by atoms with Crippen molar-refractivity contribution >= 4 is 34.9 Å². The van der Waals surface area contributed by atoms with Crippen molar-refractivity contribution in [2.24, 2.45) is 0 Å². The van der Waals surface area contributed by atoms with E-state index in [9.17, 15) is 33.0 Å². The topological polar surface area (TPSA) is 143 Å². The molecular weight excluding hydrogens is 713 g/mol. The lowest BCUT2D eigenvalue weighted by Crippen LogP contribution is -2.07. The van der Waals surface area contributed by atoms with Crippen LogP contribution < -0.4 is 20.1 Å². The van der Waals surface area contributed by atoms with Gasteiger partial charge in [0.05, 0.1) is 19.9 Å². The number of halogens is 3. The molecule has 1 aliphatic rings. The third-order valence-electron chi connectivity index (χ3n) is 8.76. The summed E-state index contributed by atoms with van der Waals surface area (Å²) in [5.41, 5.74) is 3.51. The first-order valence-electron chi connectivity index (χ1n) is 17.0. The van der Waals surface area contributed by atoms with Crippen LogP contribution in [0.1, 0.15) is 50.6 Å². The fourth-order valence-electron chi connectivity index (χ4n) is 5.72. The molecule has 0 unspecified atom stereocenters. The highest BCUT2D eigenvalue weighted by atomic mass is 19.1. The molecule has 0 bridgehead atoms. The molecule has 1 fully saturated rings. The predicted molar refractivity (Wildman–Crippen MR) is 202 cm³/mol. The van der Waals surface area contributed by atoms with Crippen LogP contribution in [0.2, 0.25) is 0 Å². The minimum absolute atomic E-state index is 0.0423. The Hall–Kier alpha value is -6.89. The number of carboxylic acid groups (broad SMARTS) is 2. The van der Waals surface area contributed by atoms with Crippen LogP contribution in [0.5, 0.6) is 11.5 Å². The number of carboxylic acids is 2. The normalized spacial score (nSPS) is 11.9. The average Bonchev–Trinajstić information content (AvgIpc) is 4.04. The van der Waals surface area contributed by atoms with Gasteiger partial charge in [-0.2, -0.15) is 0 Å². The molecule has 4 aromatic carbocycles. The van der Waals surface area contributed by atoms with Gasteiger partial charge in [0.2, 0.25) is 0 Å². The van der Waals surface area contributed by atoms with Crippen LogP contribution in [0.25, 0.3) is 22.3 Å². The second-order valence-corrected chi connectivity index (χ2v) is 12.7. The average molecular weight is 749 g/mol. The molecule has 7 rings (SSSR count). The molecule has 55 heavy (non-hydrogen) atoms. The van der Waals surface area contributed by atoms with E-state index in [1.165, 1.54) is 25.4 Å². The van der Waals surface area contributed by atoms with E-state index >= 15 is 0 Å². The van der Waals surface area contributed by atoms with Crippen LogP contribution >= 0.6 is 0 Å². The smallest absolute Gasteiger partial charge is 0.339 e. The van der Waals surface area contributed by atoms with Gasteiger partial charge in [-0.3, -0.25) is 0 Å². The van der Waals surface area contributed by atoms with E-state index in [0.717, 1.165) is 36.1 Å². The molecule has 0 spiro atoms. The van der Waals surface area contributed by atoms with Crippen LogP contribution in [-0.4, -0.2) is 46.3 Å². The standard InChI is InChI=1S/C22H19FN2O3.C20H16F2N2O3/c1-28-17-4-2-3-14(9-17)15-7-8-20(19(23)11-15)25-21-18(22(26)27)10-16(12-24-21)13-5-6-13;1-11-6-15(20(25)26)19(23-10-11)24-18-16(21)8-13(9-17(18)22)12-4-3-5-14(7-12)27-2/h2-4,7-13H,5-6H2,1H3,(H,24,25)(H,26,27);3-10H,1-2H3,(H,23,24)(H,25,26). The number of carbonyl (C=O) groups is 2. The summed E-state index contributed by atoms with van der Waals surface area (Å²) in [6, 6.07) is 24.2. The van der Waals surface area contributed by atoms with Crippen molar-refractivity contribution in [3.05, 3.63) is 143 Å². The fourth-order valence-corrected chi connectivity index (χ4v) is 5.72. The van der Waals surface area contributed by atoms with E-state index in [0.29, 0.717) is 39.7 Å². The Morgan fingerprint density at radius 1 is 0.655 bits per heavy atom. The van der Waals surface area contributed by atoms with Gasteiger partial charge in [0.1, 0.15) is 57.4 Å². The summed E-state index contributed by atoms with van der Waals surface area (Å²) in [7, 11) is 3.08. The highest BCUT2D eigenvalue weighted by Gasteiger charge is 2.26. The highest BCUT2D eigenvalue weighted by Crippen LogP contribution is 2.41. The number of benzene rings is 4. The maximum Gasteiger partial charge on any atom is 0.339 e. The van der Waals surface area contributed by atoms with Crippen LogP contribution in [-0.2, 0) is 0 Å². The van der Waals surface area contributed by atoms with Crippen molar-refractivity contribution in [3.8, 4) is 33.8 Å². The lowest BCUT2D eigenvalue weighted by molar-refractivity contribution is 0.0686. The number of aromatic nitrogens is 2. The first-order chi connectivity index (χ1) is 26.4. The number of nitrogens with one attached hydrogen (secondary N) is 2. The van der Waals surface area contributed by atoms with Crippen molar-refractivity contribution in [3.63, 3.8) is 0 Å². The van der Waals surface area contributed by atoms with E-state index in [2.05, 4.69) is 20.6 Å². The van der Waals surface area contributed by atoms with E-state index in [-0.39, 0.29) is 28.5 Å². The Labute approximate surface area is 314 Å². The Morgan fingerprint density at radius 3 is 1.75 bits per heavy atom. The van der Waals surface area contributed by atoms with Gasteiger partial charge >= 0.3 is 11.9 Å². The SMILES string of the molecule is COc1cccc(-c2cc(F)c(Nc3ncc(C)cc3C(=O)O)c(F)c2)c1.COc1cccc(-c2ccc(Nc3ncc(C4CC4)cc3C(=O)O)c(F)c2)c1. The third kappa shape index (κ3) is 9.02. The number of methoxy groups -OCH3 is 2. The summed E-state index contributed by atoms with van der Waals surface area (Å²) in [5.74, 6) is -2.95. The minimum Gasteiger partial charge on any atom is -0.497 e. The molecule has 0 saturated heterocycles. The summed E-state index contributed by atoms with van der Waals surface area (Å²) >= 11 is 0. The summed E-state index contributed by atoms with van der Waals surface area (Å²) in [4.78, 5) is 31.1. The Morgan fingerprint density at radius 2 is 1.18 bits per heavy atom. The number of pyridine rings is 2. The third-order valence-corrected chi connectivity index (χ3v) is 8.76. The number of aryl methyl sites for hydroxylation is 1. The number of nitrogens with zero attached hydrogens (tertiary/aromatic N) is 2. The molecule has 10 nitrogen and oxygen atoms in total. The summed E-state index contributed by atoms with van der Waals surface area (Å²) in [6.07, 6.45) is 5.17. The molecular formula is C42H35F3N4O6. The van der Waals surface area contributed by atoms with Crippen LogP contribution in [0, 0.1) is 24.4 Å². The van der Waals surface area contributed by atoms with E-state index in [1.807, 2.05) is 24.3 Å². The summed E-state index contributed by atoms with van der Waals surface area (Å²) < 4.78 is 54.1. The zero-order valence-electron chi connectivity index (χ0n) is 29.9. The van der Waals surface area contributed by atoms with Crippen molar-refractivity contribution in [2.45, 2.75) is 25.7 Å². The summed E-state index contributed by atoms with van der Waals surface area (Å²) in [6.45, 7) is 1.67. The molecule has 13 heteroatoms. The first kappa shape index (κ1) is 37.9. The maximum atomic E-state index is 14.7. The van der Waals surface area contributed by atoms with Gasteiger partial charge in [0, 0.05) is 12.4 Å². The van der Waals surface area contributed by atoms with Crippen molar-refractivity contribution in [2.75, 3.05) is 24.9 Å². The molecule has 4 N–H and O–H groups in total. The zero-order chi connectivity index (χ0) is 39.2. The number of hydrogen-bond acceptors (Lipinski definition) is 8. The molecule has 0 radical (unpaired) electrons. The molecule has 1 saturated carbocycles. The van der Waals surface area contributed by atoms with Gasteiger partial charge in [-0.15, -0.1) is 0 Å². The minimum atomic E-state index is -1.25. The second-order valence-electron chi connectivity index (χ2n) is 12.7. The fraction of sp³-hybridized carbons (Fsp3) is 0.143. The molecule has 0 amide bonds. The molecule has 0 atom stereocenters. The number of anilines is 4. The quantitative estimate of drug-likeness (QED) is 0.101. The van der Waals surface area contributed by atoms with Crippen molar-refractivity contribution in [1.29, 1.82) is 0 Å². The monoisotopic (exact) mass is 748 g/mol. The number of rotatable bonds is 11. The Kier molecular flexibility index (Phi) is 11.3. The van der Waals surface area contributed by atoms with Gasteiger partial charge in [-0.05, 0) is 120 Å². The molecule has 2 heterocycles. The number of ether oxygens (including phenoxy) is 2. The molecule has 6 aromatic rings. The van der Waals surface area contributed by atoms with Crippen LogP contribution in [0.4, 0.5) is 36.2 Å². The van der Waals surface area contributed by atoms with Crippen molar-refractivity contribution in [1.82, 2.24) is 9.97 Å². The van der Waals surface area contributed by atoms with Gasteiger partial charge in [-0.25, -0.2) is 32.7 Å². The van der Waals surface area contributed by atoms with E-state index in [1.54, 1.807) is 62.7 Å². The van der Waals surface area contributed by atoms with Crippen LogP contribution in [0.3, 0.4) is 0 Å². The lowest BCUT2D eigenvalue weighted by Gasteiger charge is -2.13. The lowest BCUT2D eigenvalue weighted by atomic mass is 10.0. The van der Waals surface area contributed by atoms with E-state index in [4.69, 9.17) is 9.47 Å². The van der Waals surface area contributed by atoms with Crippen LogP contribution in [0.15, 0.2) is 103 Å². The number of hydrogen-bond donors (Lipinski definition) is 4. The first-order valence-corrected chi connectivity index (χ1v) is 17.0. The van der Waals surface area contributed by atoms with Gasteiger partial charge in [-0.1, -0.05) is 30.3 Å². The molecule has 280 valence electrons.